The van der Waals surface area contributed by atoms with Crippen LogP contribution in [-0.2, 0) is 0 Å². The zero-order chi connectivity index (χ0) is 8.97. The number of hydrogen-bond acceptors (Lipinski definition) is 3. The number of aliphatic imine (C=N–C) groups is 1. The third-order valence-corrected chi connectivity index (χ3v) is 1.38. The Morgan fingerprint density at radius 1 is 1.67 bits per heavy atom. The maximum atomic E-state index is 10.8. The molecule has 12 heavy (non-hydrogen) atoms. The van der Waals surface area contributed by atoms with Crippen LogP contribution in [-0.4, -0.2) is 17.9 Å². The first-order valence-electron chi connectivity index (χ1n) is 3.41. The number of aromatic amines is 1. The summed E-state index contributed by atoms with van der Waals surface area (Å²) in [6, 6.07) is 4.77. The normalized spacial score (nSPS) is 11.3. The van der Waals surface area contributed by atoms with E-state index in [2.05, 4.69) is 15.4 Å². The summed E-state index contributed by atoms with van der Waals surface area (Å²) in [6.45, 7) is 0. The molecule has 0 spiro atoms. The van der Waals surface area contributed by atoms with Gasteiger partial charge in [-0.2, -0.15) is 0 Å². The molecule has 1 heterocycles. The Kier molecular flexibility index (Phi) is 2.60. The lowest BCUT2D eigenvalue weighted by Gasteiger charge is -2.02. The van der Waals surface area contributed by atoms with Crippen LogP contribution in [0.5, 0.6) is 0 Å². The van der Waals surface area contributed by atoms with Crippen LogP contribution in [0.4, 0.5) is 0 Å². The number of amidine groups is 1. The quantitative estimate of drug-likeness (QED) is 0.221. The summed E-state index contributed by atoms with van der Waals surface area (Å²) in [6.07, 6.45) is 0. The van der Waals surface area contributed by atoms with E-state index in [0.717, 1.165) is 0 Å². The lowest BCUT2D eigenvalue weighted by molar-refractivity contribution is 1.00. The first-order chi connectivity index (χ1) is 5.77. The fourth-order valence-corrected chi connectivity index (χ4v) is 0.849. The van der Waals surface area contributed by atoms with Crippen molar-refractivity contribution in [2.45, 2.75) is 0 Å². The molecule has 0 aliphatic carbocycles. The van der Waals surface area contributed by atoms with Crippen LogP contribution in [0.1, 0.15) is 5.69 Å². The van der Waals surface area contributed by atoms with E-state index in [-0.39, 0.29) is 5.56 Å². The van der Waals surface area contributed by atoms with E-state index in [0.29, 0.717) is 11.5 Å². The fraction of sp³-hybridized carbons (Fsp3) is 0.143. The molecule has 0 bridgehead atoms. The molecule has 0 radical (unpaired) electrons. The highest BCUT2D eigenvalue weighted by Crippen LogP contribution is 1.89. The van der Waals surface area contributed by atoms with E-state index in [4.69, 9.17) is 5.84 Å². The van der Waals surface area contributed by atoms with Gasteiger partial charge in [-0.25, -0.2) is 5.84 Å². The SMILES string of the molecule is CN=C(NN)c1cccc(=O)[nH]1. The van der Waals surface area contributed by atoms with Crippen molar-refractivity contribution in [2.24, 2.45) is 10.8 Å². The lowest BCUT2D eigenvalue weighted by Crippen LogP contribution is -2.32. The molecular weight excluding hydrogens is 156 g/mol. The molecule has 1 aromatic heterocycles. The number of hydrogen-bond donors (Lipinski definition) is 3. The fourth-order valence-electron chi connectivity index (χ4n) is 0.849. The van der Waals surface area contributed by atoms with Gasteiger partial charge in [0.25, 0.3) is 0 Å². The largest absolute Gasteiger partial charge is 0.319 e. The molecule has 5 heteroatoms. The molecule has 5 nitrogen and oxygen atoms in total. The van der Waals surface area contributed by atoms with Gasteiger partial charge < -0.3 is 10.4 Å². The molecule has 0 aliphatic rings. The first-order valence-corrected chi connectivity index (χ1v) is 3.41. The zero-order valence-electron chi connectivity index (χ0n) is 6.66. The lowest BCUT2D eigenvalue weighted by atomic mass is 10.3. The van der Waals surface area contributed by atoms with Gasteiger partial charge in [0.05, 0.1) is 5.69 Å². The molecule has 1 aromatic rings. The molecule has 0 aliphatic heterocycles. The second kappa shape index (κ2) is 3.68. The van der Waals surface area contributed by atoms with E-state index in [1.165, 1.54) is 6.07 Å². The molecule has 0 unspecified atom stereocenters. The summed E-state index contributed by atoms with van der Waals surface area (Å²) in [5, 5.41) is 0. The number of hydrazine groups is 1. The minimum absolute atomic E-state index is 0.177. The number of pyridine rings is 1. The maximum absolute atomic E-state index is 10.8. The van der Waals surface area contributed by atoms with Gasteiger partial charge in [0, 0.05) is 13.1 Å². The number of nitrogens with two attached hydrogens (primary N) is 1. The van der Waals surface area contributed by atoms with Crippen molar-refractivity contribution >= 4 is 5.84 Å². The number of nitrogens with one attached hydrogen (secondary N) is 2. The molecule has 0 amide bonds. The molecule has 0 saturated carbocycles. The summed E-state index contributed by atoms with van der Waals surface area (Å²) >= 11 is 0. The van der Waals surface area contributed by atoms with Gasteiger partial charge in [0.1, 0.15) is 0 Å². The highest BCUT2D eigenvalue weighted by atomic mass is 16.1. The third kappa shape index (κ3) is 1.70. The van der Waals surface area contributed by atoms with Crippen molar-refractivity contribution in [3.05, 3.63) is 34.2 Å². The van der Waals surface area contributed by atoms with Gasteiger partial charge in [-0.05, 0) is 6.07 Å². The highest BCUT2D eigenvalue weighted by Gasteiger charge is 1.98. The number of H-pyrrole nitrogens is 1. The van der Waals surface area contributed by atoms with Gasteiger partial charge in [-0.1, -0.05) is 6.07 Å². The van der Waals surface area contributed by atoms with Crippen LogP contribution in [0, 0.1) is 0 Å². The van der Waals surface area contributed by atoms with E-state index in [1.807, 2.05) is 0 Å². The molecule has 0 aromatic carbocycles. The van der Waals surface area contributed by atoms with Gasteiger partial charge in [0.15, 0.2) is 5.84 Å². The average molecular weight is 166 g/mol. The van der Waals surface area contributed by atoms with Gasteiger partial charge in [-0.3, -0.25) is 9.79 Å². The molecule has 0 saturated heterocycles. The molecule has 64 valence electrons. The van der Waals surface area contributed by atoms with Crippen molar-refractivity contribution in [1.29, 1.82) is 0 Å². The summed E-state index contributed by atoms with van der Waals surface area (Å²) in [5.41, 5.74) is 2.77. The summed E-state index contributed by atoms with van der Waals surface area (Å²) in [5.74, 6) is 5.61. The summed E-state index contributed by atoms with van der Waals surface area (Å²) in [4.78, 5) is 17.3. The first kappa shape index (κ1) is 8.48. The minimum atomic E-state index is -0.177. The smallest absolute Gasteiger partial charge is 0.248 e. The predicted octanol–water partition coefficient (Wildman–Crippen LogP) is -0.785. The van der Waals surface area contributed by atoms with Gasteiger partial charge in [0.2, 0.25) is 5.56 Å². The van der Waals surface area contributed by atoms with Crippen LogP contribution in [0.25, 0.3) is 0 Å². The standard InChI is InChI=1S/C7H10N4O/c1-9-7(11-8)5-3-2-4-6(12)10-5/h2-4H,8H2,1H3,(H,9,11)(H,10,12). The second-order valence-corrected chi connectivity index (χ2v) is 2.15. The van der Waals surface area contributed by atoms with E-state index in [9.17, 15) is 4.79 Å². The zero-order valence-corrected chi connectivity index (χ0v) is 6.66. The molecule has 0 atom stereocenters. The average Bonchev–Trinajstić information content (AvgIpc) is 2.07. The van der Waals surface area contributed by atoms with Crippen LogP contribution in [0.2, 0.25) is 0 Å². The topological polar surface area (TPSA) is 83.3 Å². The van der Waals surface area contributed by atoms with Crippen molar-refractivity contribution in [1.82, 2.24) is 10.4 Å². The van der Waals surface area contributed by atoms with Crippen LogP contribution < -0.4 is 16.8 Å². The van der Waals surface area contributed by atoms with Crippen molar-refractivity contribution in [2.75, 3.05) is 7.05 Å². The number of nitrogens with zero attached hydrogens (tertiary/aromatic N) is 1. The highest BCUT2D eigenvalue weighted by molar-refractivity contribution is 5.96. The Bertz CT molecular complexity index is 341. The Hall–Kier alpha value is -1.62. The van der Waals surface area contributed by atoms with E-state index >= 15 is 0 Å². The Balaban J connectivity index is 3.11. The second-order valence-electron chi connectivity index (χ2n) is 2.15. The molecule has 4 N–H and O–H groups in total. The van der Waals surface area contributed by atoms with Gasteiger partial charge in [-0.15, -0.1) is 0 Å². The van der Waals surface area contributed by atoms with Crippen molar-refractivity contribution in [3.63, 3.8) is 0 Å². The van der Waals surface area contributed by atoms with Crippen molar-refractivity contribution in [3.8, 4) is 0 Å². The summed E-state index contributed by atoms with van der Waals surface area (Å²) in [7, 11) is 1.58. The van der Waals surface area contributed by atoms with E-state index in [1.54, 1.807) is 19.2 Å². The third-order valence-electron chi connectivity index (χ3n) is 1.38. The van der Waals surface area contributed by atoms with Crippen LogP contribution >= 0.6 is 0 Å². The molecule has 0 fully saturated rings. The Morgan fingerprint density at radius 3 is 2.92 bits per heavy atom. The van der Waals surface area contributed by atoms with Crippen molar-refractivity contribution < 1.29 is 0 Å². The Labute approximate surface area is 69.3 Å². The molecule has 1 rings (SSSR count). The minimum Gasteiger partial charge on any atom is -0.319 e. The maximum Gasteiger partial charge on any atom is 0.248 e. The Morgan fingerprint density at radius 2 is 2.42 bits per heavy atom. The molecular formula is C7H10N4O. The van der Waals surface area contributed by atoms with E-state index < -0.39 is 0 Å². The number of aromatic nitrogens is 1. The van der Waals surface area contributed by atoms with Gasteiger partial charge >= 0.3 is 0 Å². The predicted molar refractivity (Wildman–Crippen MR) is 46.8 cm³/mol. The summed E-state index contributed by atoms with van der Waals surface area (Å²) < 4.78 is 0. The monoisotopic (exact) mass is 166 g/mol. The van der Waals surface area contributed by atoms with Crippen LogP contribution in [0.15, 0.2) is 28.0 Å². The number of rotatable bonds is 1. The van der Waals surface area contributed by atoms with Crippen LogP contribution in [0.3, 0.4) is 0 Å².